The summed E-state index contributed by atoms with van der Waals surface area (Å²) < 4.78 is 1.18. The summed E-state index contributed by atoms with van der Waals surface area (Å²) in [6.07, 6.45) is 1.10. The predicted molar refractivity (Wildman–Crippen MR) is 69.2 cm³/mol. The molecule has 2 rings (SSSR count). The Morgan fingerprint density at radius 3 is 2.53 bits per heavy atom. The Balaban J connectivity index is 2.64. The molecule has 0 radical (unpaired) electrons. The van der Waals surface area contributed by atoms with Crippen molar-refractivity contribution in [2.24, 2.45) is 0 Å². The maximum absolute atomic E-state index is 3.55. The molecule has 1 aromatic rings. The molecule has 0 unspecified atom stereocenters. The topological polar surface area (TPSA) is 0 Å². The molecule has 1 aliphatic rings. The summed E-state index contributed by atoms with van der Waals surface area (Å²) in [5.74, 6) is 0. The van der Waals surface area contributed by atoms with Crippen LogP contribution in [0.15, 0.2) is 33.8 Å². The molecule has 0 saturated heterocycles. The monoisotopic (exact) mass is 264 g/mol. The van der Waals surface area contributed by atoms with Crippen molar-refractivity contribution in [2.75, 3.05) is 0 Å². The highest BCUT2D eigenvalue weighted by atomic mass is 79.9. The highest BCUT2D eigenvalue weighted by Crippen LogP contribution is 2.41. The first-order valence-corrected chi connectivity index (χ1v) is 6.18. The van der Waals surface area contributed by atoms with Gasteiger partial charge in [-0.2, -0.15) is 0 Å². The second-order valence-electron chi connectivity index (χ2n) is 5.01. The molecule has 0 nitrogen and oxygen atoms in total. The quantitative estimate of drug-likeness (QED) is 0.600. The molecule has 1 heteroatoms. The fourth-order valence-electron chi connectivity index (χ4n) is 2.47. The second kappa shape index (κ2) is 3.48. The zero-order valence-corrected chi connectivity index (χ0v) is 11.4. The van der Waals surface area contributed by atoms with E-state index in [1.807, 2.05) is 0 Å². The van der Waals surface area contributed by atoms with Crippen LogP contribution in [0.2, 0.25) is 0 Å². The summed E-state index contributed by atoms with van der Waals surface area (Å²) in [5, 5.41) is 0. The van der Waals surface area contributed by atoms with Gasteiger partial charge in [-0.25, -0.2) is 0 Å². The number of allylic oxidation sites excluding steroid dienone is 2. The molecule has 0 saturated carbocycles. The third-order valence-electron chi connectivity index (χ3n) is 3.77. The van der Waals surface area contributed by atoms with Crippen LogP contribution in [-0.4, -0.2) is 0 Å². The average Bonchev–Trinajstić information content (AvgIpc) is 2.14. The van der Waals surface area contributed by atoms with E-state index in [4.69, 9.17) is 0 Å². The lowest BCUT2D eigenvalue weighted by Crippen LogP contribution is -2.26. The summed E-state index contributed by atoms with van der Waals surface area (Å²) in [6, 6.07) is 6.66. The number of benzene rings is 1. The van der Waals surface area contributed by atoms with Gasteiger partial charge in [0, 0.05) is 9.89 Å². The van der Waals surface area contributed by atoms with Gasteiger partial charge in [0.25, 0.3) is 0 Å². The van der Waals surface area contributed by atoms with Crippen LogP contribution in [0.5, 0.6) is 0 Å². The van der Waals surface area contributed by atoms with E-state index in [-0.39, 0.29) is 5.41 Å². The van der Waals surface area contributed by atoms with Gasteiger partial charge >= 0.3 is 0 Å². The van der Waals surface area contributed by atoms with Crippen molar-refractivity contribution in [2.45, 2.75) is 39.5 Å². The van der Waals surface area contributed by atoms with E-state index in [9.17, 15) is 0 Å². The van der Waals surface area contributed by atoms with Crippen molar-refractivity contribution >= 4 is 15.9 Å². The molecule has 0 bridgehead atoms. The van der Waals surface area contributed by atoms with Gasteiger partial charge in [0.1, 0.15) is 0 Å². The number of rotatable bonds is 0. The Morgan fingerprint density at radius 2 is 1.87 bits per heavy atom. The number of hydrogen-bond acceptors (Lipinski definition) is 0. The van der Waals surface area contributed by atoms with Crippen LogP contribution in [0.4, 0.5) is 0 Å². The maximum Gasteiger partial charge on any atom is 0.0178 e. The molecule has 0 atom stereocenters. The van der Waals surface area contributed by atoms with Crippen molar-refractivity contribution in [1.29, 1.82) is 0 Å². The number of hydrogen-bond donors (Lipinski definition) is 0. The van der Waals surface area contributed by atoms with Gasteiger partial charge in [-0.05, 0) is 43.5 Å². The van der Waals surface area contributed by atoms with Crippen LogP contribution in [0.3, 0.4) is 0 Å². The van der Waals surface area contributed by atoms with Gasteiger partial charge < -0.3 is 0 Å². The molecule has 0 heterocycles. The van der Waals surface area contributed by atoms with Gasteiger partial charge in [-0.15, -0.1) is 0 Å². The zero-order chi connectivity index (χ0) is 11.2. The third kappa shape index (κ3) is 1.67. The zero-order valence-electron chi connectivity index (χ0n) is 9.82. The van der Waals surface area contributed by atoms with Crippen molar-refractivity contribution in [3.63, 3.8) is 0 Å². The van der Waals surface area contributed by atoms with E-state index >= 15 is 0 Å². The standard InChI is InChI=1S/C14H17Br/c1-9-7-11-8-12(15)5-6-13(11)14(3,4)10(9)2/h5-6,8H,7H2,1-4H3. The van der Waals surface area contributed by atoms with Crippen molar-refractivity contribution in [3.05, 3.63) is 44.9 Å². The first-order valence-electron chi connectivity index (χ1n) is 5.38. The van der Waals surface area contributed by atoms with Gasteiger partial charge in [0.2, 0.25) is 0 Å². The smallest absolute Gasteiger partial charge is 0.0178 e. The van der Waals surface area contributed by atoms with E-state index in [1.54, 1.807) is 0 Å². The van der Waals surface area contributed by atoms with Crippen LogP contribution >= 0.6 is 15.9 Å². The Bertz CT molecular complexity index is 439. The van der Waals surface area contributed by atoms with E-state index < -0.39 is 0 Å². The minimum atomic E-state index is 0.193. The van der Waals surface area contributed by atoms with Crippen LogP contribution < -0.4 is 0 Å². The maximum atomic E-state index is 3.55. The van der Waals surface area contributed by atoms with Crippen molar-refractivity contribution in [3.8, 4) is 0 Å². The summed E-state index contributed by atoms with van der Waals surface area (Å²) in [6.45, 7) is 9.15. The summed E-state index contributed by atoms with van der Waals surface area (Å²) in [5.41, 5.74) is 6.19. The van der Waals surface area contributed by atoms with Crippen LogP contribution in [0.25, 0.3) is 0 Å². The molecule has 0 aromatic heterocycles. The SMILES string of the molecule is CC1=C(C)C(C)(C)c2ccc(Br)cc2C1. The molecule has 0 fully saturated rings. The Morgan fingerprint density at radius 1 is 1.20 bits per heavy atom. The normalized spacial score (nSPS) is 19.0. The van der Waals surface area contributed by atoms with E-state index in [0.29, 0.717) is 0 Å². The third-order valence-corrected chi connectivity index (χ3v) is 4.27. The van der Waals surface area contributed by atoms with Crippen LogP contribution in [0.1, 0.15) is 38.8 Å². The highest BCUT2D eigenvalue weighted by Gasteiger charge is 2.30. The summed E-state index contributed by atoms with van der Waals surface area (Å²) >= 11 is 3.55. The molecule has 1 aromatic carbocycles. The van der Waals surface area contributed by atoms with Gasteiger partial charge in [-0.3, -0.25) is 0 Å². The molecular formula is C14H17Br. The Labute approximate surface area is 101 Å². The Hall–Kier alpha value is -0.560. The first-order chi connectivity index (χ1) is 6.93. The minimum Gasteiger partial charge on any atom is -0.0691 e. The lowest BCUT2D eigenvalue weighted by Gasteiger charge is -2.35. The predicted octanol–water partition coefficient (Wildman–Crippen LogP) is 4.62. The van der Waals surface area contributed by atoms with E-state index in [1.165, 1.54) is 26.7 Å². The van der Waals surface area contributed by atoms with Crippen LogP contribution in [-0.2, 0) is 11.8 Å². The minimum absolute atomic E-state index is 0.193. The molecule has 0 amide bonds. The molecule has 80 valence electrons. The van der Waals surface area contributed by atoms with E-state index in [0.717, 1.165) is 6.42 Å². The van der Waals surface area contributed by atoms with Gasteiger partial charge in [0.15, 0.2) is 0 Å². The van der Waals surface area contributed by atoms with E-state index in [2.05, 4.69) is 61.8 Å². The fraction of sp³-hybridized carbons (Fsp3) is 0.429. The molecule has 0 spiro atoms. The molecule has 15 heavy (non-hydrogen) atoms. The fourth-order valence-corrected chi connectivity index (χ4v) is 2.88. The molecule has 1 aliphatic carbocycles. The second-order valence-corrected chi connectivity index (χ2v) is 5.92. The number of halogens is 1. The largest absolute Gasteiger partial charge is 0.0691 e. The molecular weight excluding hydrogens is 248 g/mol. The van der Waals surface area contributed by atoms with Crippen molar-refractivity contribution in [1.82, 2.24) is 0 Å². The molecule has 0 N–H and O–H groups in total. The lowest BCUT2D eigenvalue weighted by atomic mass is 9.70. The first kappa shape index (κ1) is 10.9. The molecule has 0 aliphatic heterocycles. The summed E-state index contributed by atoms with van der Waals surface area (Å²) in [7, 11) is 0. The van der Waals surface area contributed by atoms with Crippen molar-refractivity contribution < 1.29 is 0 Å². The summed E-state index contributed by atoms with van der Waals surface area (Å²) in [4.78, 5) is 0. The van der Waals surface area contributed by atoms with Gasteiger partial charge in [0.05, 0.1) is 0 Å². The van der Waals surface area contributed by atoms with Crippen LogP contribution in [0, 0.1) is 0 Å². The average molecular weight is 265 g/mol. The Kier molecular flexibility index (Phi) is 2.54. The number of fused-ring (bicyclic) bond motifs is 1. The lowest BCUT2D eigenvalue weighted by molar-refractivity contribution is 0.591. The van der Waals surface area contributed by atoms with Gasteiger partial charge in [-0.1, -0.05) is 47.0 Å². The highest BCUT2D eigenvalue weighted by molar-refractivity contribution is 9.10.